The lowest BCUT2D eigenvalue weighted by Gasteiger charge is -2.61. The highest BCUT2D eigenvalue weighted by Crippen LogP contribution is 2.63. The summed E-state index contributed by atoms with van der Waals surface area (Å²) < 4.78 is 0. The van der Waals surface area contributed by atoms with Crippen molar-refractivity contribution in [2.24, 2.45) is 34.5 Å². The Morgan fingerprint density at radius 3 is 2.35 bits per heavy atom. The van der Waals surface area contributed by atoms with Crippen LogP contribution in [0.4, 0.5) is 0 Å². The van der Waals surface area contributed by atoms with Crippen molar-refractivity contribution in [2.75, 3.05) is 0 Å². The lowest BCUT2D eigenvalue weighted by Crippen LogP contribution is -2.76. The van der Waals surface area contributed by atoms with E-state index in [-0.39, 0.29) is 30.1 Å². The SMILES string of the molecule is CC(=O)C1C(=O)C(C(C)C)[C@@]2(C)C[C@@]3(C)Cc4c(C#CC5=CCCCC5)ccc(O)c4C(=O)C3C(=O)[C@@]2(O)C1=O. The highest BCUT2D eigenvalue weighted by Gasteiger charge is 2.76. The largest absolute Gasteiger partial charge is 0.507 e. The van der Waals surface area contributed by atoms with Gasteiger partial charge in [-0.25, -0.2) is 0 Å². The Bertz CT molecular complexity index is 1470. The van der Waals surface area contributed by atoms with E-state index >= 15 is 0 Å². The third-order valence-electron chi connectivity index (χ3n) is 9.91. The van der Waals surface area contributed by atoms with Crippen LogP contribution in [-0.4, -0.2) is 44.7 Å². The first kappa shape index (κ1) is 28.2. The van der Waals surface area contributed by atoms with Gasteiger partial charge in [-0.15, -0.1) is 0 Å². The second kappa shape index (κ2) is 9.34. The smallest absolute Gasteiger partial charge is 0.190 e. The molecule has 3 unspecified atom stereocenters. The summed E-state index contributed by atoms with van der Waals surface area (Å²) in [6.45, 7) is 7.99. The predicted octanol–water partition coefficient (Wildman–Crippen LogP) is 3.94. The first-order chi connectivity index (χ1) is 18.7. The zero-order valence-corrected chi connectivity index (χ0v) is 23.7. The zero-order valence-electron chi connectivity index (χ0n) is 23.7. The lowest BCUT2D eigenvalue weighted by molar-refractivity contribution is -0.205. The van der Waals surface area contributed by atoms with E-state index in [0.717, 1.165) is 38.2 Å². The molecule has 5 rings (SSSR count). The van der Waals surface area contributed by atoms with Crippen molar-refractivity contribution in [1.82, 2.24) is 0 Å². The molecule has 0 aromatic heterocycles. The van der Waals surface area contributed by atoms with Crippen LogP contribution >= 0.6 is 0 Å². The third kappa shape index (κ3) is 3.72. The predicted molar refractivity (Wildman–Crippen MR) is 146 cm³/mol. The van der Waals surface area contributed by atoms with Crippen LogP contribution in [0.15, 0.2) is 23.8 Å². The number of carbonyl (C=O) groups is 5. The summed E-state index contributed by atoms with van der Waals surface area (Å²) in [7, 11) is 0. The fourth-order valence-electron chi connectivity index (χ4n) is 8.35. The molecule has 0 aliphatic heterocycles. The number of Topliss-reactive ketones (excluding diaryl/α,β-unsaturated/α-hetero) is 5. The number of hydrogen-bond donors (Lipinski definition) is 2. The summed E-state index contributed by atoms with van der Waals surface area (Å²) >= 11 is 0. The van der Waals surface area contributed by atoms with Gasteiger partial charge < -0.3 is 10.2 Å². The normalized spacial score (nSPS) is 35.3. The molecule has 6 atom stereocenters. The molecule has 7 nitrogen and oxygen atoms in total. The lowest BCUT2D eigenvalue weighted by atomic mass is 9.40. The Hall–Kier alpha value is -3.37. The van der Waals surface area contributed by atoms with Crippen LogP contribution in [0.5, 0.6) is 5.75 Å². The number of fused-ring (bicyclic) bond motifs is 3. The number of allylic oxidation sites excluding steroid dienone is 2. The molecular formula is C33H36O7. The van der Waals surface area contributed by atoms with Gasteiger partial charge in [0.25, 0.3) is 0 Å². The monoisotopic (exact) mass is 544 g/mol. The number of ketones is 5. The molecule has 2 saturated carbocycles. The van der Waals surface area contributed by atoms with Gasteiger partial charge in [0.1, 0.15) is 17.5 Å². The molecule has 0 radical (unpaired) electrons. The Morgan fingerprint density at radius 2 is 1.75 bits per heavy atom. The third-order valence-corrected chi connectivity index (χ3v) is 9.91. The highest BCUT2D eigenvalue weighted by molar-refractivity contribution is 6.32. The number of aromatic hydroxyl groups is 1. The molecule has 0 amide bonds. The van der Waals surface area contributed by atoms with E-state index in [9.17, 15) is 34.2 Å². The fourth-order valence-corrected chi connectivity index (χ4v) is 8.35. The average Bonchev–Trinajstić information content (AvgIpc) is 2.86. The molecule has 2 N–H and O–H groups in total. The van der Waals surface area contributed by atoms with Crippen molar-refractivity contribution in [3.63, 3.8) is 0 Å². The summed E-state index contributed by atoms with van der Waals surface area (Å²) in [4.78, 5) is 68.1. The molecule has 7 heteroatoms. The molecule has 0 spiro atoms. The van der Waals surface area contributed by atoms with Gasteiger partial charge in [0.05, 0.1) is 11.5 Å². The molecule has 4 aliphatic rings. The molecule has 1 aromatic rings. The van der Waals surface area contributed by atoms with E-state index in [1.54, 1.807) is 33.8 Å². The van der Waals surface area contributed by atoms with Gasteiger partial charge in [0.15, 0.2) is 28.7 Å². The highest BCUT2D eigenvalue weighted by atomic mass is 16.3. The number of carbonyl (C=O) groups excluding carboxylic acids is 5. The minimum atomic E-state index is -2.69. The molecule has 2 fully saturated rings. The maximum Gasteiger partial charge on any atom is 0.190 e. The standard InChI is InChI=1S/C33H36O7/c1-17(2)25-27(36)23(18(3)34)29(38)33(40)30(39)26-28(37)24-21(15-31(26,4)16-32(25,33)5)20(13-14-22(24)35)12-11-19-9-7-6-8-10-19/h9,13-14,17,23,25-26,35,40H,6-8,10,15-16H2,1-5H3/t23?,25?,26?,31-,32-,33+/m1/s1. The van der Waals surface area contributed by atoms with Crippen LogP contribution in [0.2, 0.25) is 0 Å². The number of phenols is 1. The van der Waals surface area contributed by atoms with Gasteiger partial charge in [-0.05, 0) is 80.1 Å². The average molecular weight is 545 g/mol. The Morgan fingerprint density at radius 1 is 1.05 bits per heavy atom. The number of hydrogen-bond acceptors (Lipinski definition) is 7. The summed E-state index contributed by atoms with van der Waals surface area (Å²) in [5, 5.41) is 22.9. The molecule has 0 bridgehead atoms. The molecule has 4 aliphatic carbocycles. The van der Waals surface area contributed by atoms with Crippen molar-refractivity contribution in [2.45, 2.75) is 78.7 Å². The van der Waals surface area contributed by atoms with Crippen molar-refractivity contribution in [3.8, 4) is 17.6 Å². The van der Waals surface area contributed by atoms with Crippen molar-refractivity contribution >= 4 is 28.9 Å². The molecule has 0 heterocycles. The van der Waals surface area contributed by atoms with E-state index < -0.39 is 63.1 Å². The summed E-state index contributed by atoms with van der Waals surface area (Å²) in [6.07, 6.45) is 6.38. The molecule has 40 heavy (non-hydrogen) atoms. The molecule has 0 saturated heterocycles. The van der Waals surface area contributed by atoms with Gasteiger partial charge in [-0.3, -0.25) is 24.0 Å². The first-order valence-corrected chi connectivity index (χ1v) is 14.1. The number of rotatable bonds is 2. The van der Waals surface area contributed by atoms with Gasteiger partial charge >= 0.3 is 0 Å². The quantitative estimate of drug-likeness (QED) is 0.427. The van der Waals surface area contributed by atoms with Crippen LogP contribution in [0.25, 0.3) is 0 Å². The number of benzene rings is 1. The fraction of sp³-hybridized carbons (Fsp3) is 0.545. The maximum absolute atomic E-state index is 14.3. The van der Waals surface area contributed by atoms with Crippen LogP contribution in [0, 0.1) is 46.3 Å². The van der Waals surface area contributed by atoms with E-state index in [1.807, 2.05) is 0 Å². The Labute approximate surface area is 234 Å². The first-order valence-electron chi connectivity index (χ1n) is 14.1. The summed E-state index contributed by atoms with van der Waals surface area (Å²) in [5.74, 6) is -2.52. The van der Waals surface area contributed by atoms with Crippen LogP contribution in [0.3, 0.4) is 0 Å². The van der Waals surface area contributed by atoms with Crippen molar-refractivity contribution < 1.29 is 34.2 Å². The van der Waals surface area contributed by atoms with Gasteiger partial charge in [0.2, 0.25) is 0 Å². The topological polar surface area (TPSA) is 126 Å². The maximum atomic E-state index is 14.3. The van der Waals surface area contributed by atoms with Gasteiger partial charge in [-0.1, -0.05) is 45.6 Å². The van der Waals surface area contributed by atoms with E-state index in [1.165, 1.54) is 6.07 Å². The minimum Gasteiger partial charge on any atom is -0.507 e. The van der Waals surface area contributed by atoms with Crippen LogP contribution in [-0.2, 0) is 25.6 Å². The van der Waals surface area contributed by atoms with Gasteiger partial charge in [0, 0.05) is 16.9 Å². The summed E-state index contributed by atoms with van der Waals surface area (Å²) in [6, 6.07) is 3.06. The molecule has 1 aromatic carbocycles. The zero-order chi connectivity index (χ0) is 29.4. The summed E-state index contributed by atoms with van der Waals surface area (Å²) in [5.41, 5.74) is -3.16. The van der Waals surface area contributed by atoms with Crippen LogP contribution in [0.1, 0.15) is 88.2 Å². The second-order valence-electron chi connectivity index (χ2n) is 13.0. The Kier molecular flexibility index (Phi) is 6.58. The van der Waals surface area contributed by atoms with E-state index in [2.05, 4.69) is 17.9 Å². The van der Waals surface area contributed by atoms with Crippen LogP contribution < -0.4 is 0 Å². The number of phenolic OH excluding ortho intramolecular Hbond substituents is 1. The molecule has 210 valence electrons. The molecular weight excluding hydrogens is 508 g/mol. The van der Waals surface area contributed by atoms with E-state index in [0.29, 0.717) is 11.1 Å². The van der Waals surface area contributed by atoms with Gasteiger partial charge in [-0.2, -0.15) is 0 Å². The minimum absolute atomic E-state index is 0.0182. The number of aliphatic hydroxyl groups is 1. The van der Waals surface area contributed by atoms with Crippen molar-refractivity contribution in [1.29, 1.82) is 0 Å². The Balaban J connectivity index is 1.68. The second-order valence-corrected chi connectivity index (χ2v) is 13.0. The van der Waals surface area contributed by atoms with E-state index in [4.69, 9.17) is 0 Å². The van der Waals surface area contributed by atoms with Crippen molar-refractivity contribution in [3.05, 3.63) is 40.5 Å².